The molecule has 1 aliphatic rings. The van der Waals surface area contributed by atoms with Gasteiger partial charge in [-0.15, -0.1) is 0 Å². The molecule has 6 atom stereocenters. The first-order valence-electron chi connectivity index (χ1n) is 6.68. The number of aliphatic hydroxyl groups excluding tert-OH is 4. The van der Waals surface area contributed by atoms with Crippen LogP contribution >= 0.6 is 0 Å². The first kappa shape index (κ1) is 16.7. The number of nitro benzene ring substituents is 1. The highest BCUT2D eigenvalue weighted by atomic mass is 16.6. The normalized spacial score (nSPS) is 33.4. The topological polar surface area (TPSA) is 159 Å². The average molecular weight is 314 g/mol. The number of ether oxygens (including phenoxy) is 1. The number of hydrogen-bond acceptors (Lipinski definition) is 8. The summed E-state index contributed by atoms with van der Waals surface area (Å²) in [6.45, 7) is -0.592. The van der Waals surface area contributed by atoms with E-state index in [1.807, 2.05) is 0 Å². The summed E-state index contributed by atoms with van der Waals surface area (Å²) in [4.78, 5) is 10.4. The van der Waals surface area contributed by atoms with Crippen LogP contribution < -0.4 is 5.73 Å². The smallest absolute Gasteiger partial charge is 0.274 e. The van der Waals surface area contributed by atoms with Gasteiger partial charge in [-0.05, 0) is 0 Å². The maximum absolute atomic E-state index is 11.0. The number of aliphatic hydroxyl groups is 4. The van der Waals surface area contributed by atoms with Gasteiger partial charge >= 0.3 is 0 Å². The van der Waals surface area contributed by atoms with Gasteiger partial charge in [0, 0.05) is 11.6 Å². The van der Waals surface area contributed by atoms with Gasteiger partial charge in [0.15, 0.2) is 0 Å². The Balaban J connectivity index is 2.32. The monoisotopic (exact) mass is 314 g/mol. The number of hydrogen-bond donors (Lipinski definition) is 5. The van der Waals surface area contributed by atoms with Crippen molar-refractivity contribution < 1.29 is 30.1 Å². The van der Waals surface area contributed by atoms with E-state index in [9.17, 15) is 25.4 Å². The van der Waals surface area contributed by atoms with Crippen LogP contribution in [0.1, 0.15) is 11.6 Å². The second-order valence-corrected chi connectivity index (χ2v) is 5.14. The van der Waals surface area contributed by atoms with Gasteiger partial charge in [-0.2, -0.15) is 0 Å². The lowest BCUT2D eigenvalue weighted by Crippen LogP contribution is -2.60. The third kappa shape index (κ3) is 2.95. The summed E-state index contributed by atoms with van der Waals surface area (Å²) in [7, 11) is 0. The minimum absolute atomic E-state index is 0.122. The Hall–Kier alpha value is -1.62. The summed E-state index contributed by atoms with van der Waals surface area (Å²) < 4.78 is 5.32. The van der Waals surface area contributed by atoms with E-state index in [1.165, 1.54) is 18.2 Å². The van der Waals surface area contributed by atoms with Crippen molar-refractivity contribution in [2.45, 2.75) is 36.6 Å². The predicted molar refractivity (Wildman–Crippen MR) is 73.8 cm³/mol. The van der Waals surface area contributed by atoms with Crippen molar-refractivity contribution in [1.82, 2.24) is 0 Å². The van der Waals surface area contributed by atoms with Gasteiger partial charge < -0.3 is 30.9 Å². The lowest BCUT2D eigenvalue weighted by atomic mass is 9.88. The highest BCUT2D eigenvalue weighted by Crippen LogP contribution is 2.32. The average Bonchev–Trinajstić information content (AvgIpc) is 2.52. The molecule has 22 heavy (non-hydrogen) atoms. The van der Waals surface area contributed by atoms with E-state index in [1.54, 1.807) is 6.07 Å². The predicted octanol–water partition coefficient (Wildman–Crippen LogP) is -1.56. The van der Waals surface area contributed by atoms with Crippen LogP contribution in [-0.2, 0) is 4.74 Å². The lowest BCUT2D eigenvalue weighted by molar-refractivity contribution is -0.386. The molecule has 0 amide bonds. The third-order valence-corrected chi connectivity index (χ3v) is 3.78. The first-order chi connectivity index (χ1) is 10.4. The zero-order valence-corrected chi connectivity index (χ0v) is 11.5. The van der Waals surface area contributed by atoms with Crippen LogP contribution in [0.15, 0.2) is 24.3 Å². The summed E-state index contributed by atoms with van der Waals surface area (Å²) in [5.41, 5.74) is 5.84. The maximum atomic E-state index is 11.0. The summed E-state index contributed by atoms with van der Waals surface area (Å²) in [6.07, 6.45) is -6.96. The van der Waals surface area contributed by atoms with Crippen LogP contribution in [0.3, 0.4) is 0 Å². The molecule has 1 unspecified atom stereocenters. The molecule has 1 aromatic carbocycles. The highest BCUT2D eigenvalue weighted by Gasteiger charge is 2.46. The van der Waals surface area contributed by atoms with Gasteiger partial charge in [0.1, 0.15) is 30.5 Å². The molecule has 1 heterocycles. The van der Waals surface area contributed by atoms with Gasteiger partial charge in [0.05, 0.1) is 17.6 Å². The quantitative estimate of drug-likeness (QED) is 0.329. The molecule has 0 aromatic heterocycles. The first-order valence-corrected chi connectivity index (χ1v) is 6.68. The van der Waals surface area contributed by atoms with Crippen molar-refractivity contribution in [2.24, 2.45) is 5.73 Å². The van der Waals surface area contributed by atoms with Crippen LogP contribution in [0.2, 0.25) is 0 Å². The van der Waals surface area contributed by atoms with E-state index in [0.29, 0.717) is 0 Å². The molecular weight excluding hydrogens is 296 g/mol. The molecule has 0 spiro atoms. The van der Waals surface area contributed by atoms with E-state index in [4.69, 9.17) is 15.6 Å². The SMILES string of the molecule is NC(c1ccccc1[N+](=O)[O-])[C@@H]1O[C@H](CO)[C@@H](O)[C@H](O)[C@H]1O. The van der Waals surface area contributed by atoms with E-state index < -0.39 is 48.1 Å². The highest BCUT2D eigenvalue weighted by molar-refractivity contribution is 5.42. The fourth-order valence-corrected chi connectivity index (χ4v) is 2.54. The Labute approximate surface area is 125 Å². The number of nitro groups is 1. The van der Waals surface area contributed by atoms with Crippen LogP contribution in [-0.4, -0.2) is 62.5 Å². The Kier molecular flexibility index (Phi) is 5.06. The molecule has 9 nitrogen and oxygen atoms in total. The molecule has 0 aliphatic carbocycles. The minimum Gasteiger partial charge on any atom is -0.394 e. The number of rotatable bonds is 4. The standard InChI is InChI=1S/C13H18N2O7/c14-9(6-3-1-2-4-7(6)15(20)21)13-12(19)11(18)10(17)8(5-16)22-13/h1-4,8-13,16-19H,5,14H2/t8-,9?,10-,11+,12-,13+/m1/s1. The number of benzene rings is 1. The molecule has 0 radical (unpaired) electrons. The molecule has 6 N–H and O–H groups in total. The minimum atomic E-state index is -1.58. The molecule has 122 valence electrons. The van der Waals surface area contributed by atoms with Gasteiger partial charge in [0.25, 0.3) is 5.69 Å². The second kappa shape index (κ2) is 6.65. The van der Waals surface area contributed by atoms with Crippen LogP contribution in [0.25, 0.3) is 0 Å². The van der Waals surface area contributed by atoms with Crippen molar-refractivity contribution in [3.8, 4) is 0 Å². The summed E-state index contributed by atoms with van der Waals surface area (Å²) in [5, 5.41) is 49.7. The van der Waals surface area contributed by atoms with Crippen LogP contribution in [0.5, 0.6) is 0 Å². The van der Waals surface area contributed by atoms with Gasteiger partial charge in [-0.1, -0.05) is 18.2 Å². The van der Waals surface area contributed by atoms with Gasteiger partial charge in [0.2, 0.25) is 0 Å². The van der Waals surface area contributed by atoms with Crippen molar-refractivity contribution in [3.05, 3.63) is 39.9 Å². The third-order valence-electron chi connectivity index (χ3n) is 3.78. The Morgan fingerprint density at radius 1 is 1.23 bits per heavy atom. The van der Waals surface area contributed by atoms with E-state index >= 15 is 0 Å². The molecule has 1 fully saturated rings. The summed E-state index contributed by atoms with van der Waals surface area (Å²) in [6, 6.07) is 4.59. The fraction of sp³-hybridized carbons (Fsp3) is 0.538. The Morgan fingerprint density at radius 2 is 1.86 bits per heavy atom. The van der Waals surface area contributed by atoms with E-state index in [-0.39, 0.29) is 11.3 Å². The molecule has 1 saturated heterocycles. The number of nitrogens with two attached hydrogens (primary N) is 1. The van der Waals surface area contributed by atoms with Crippen molar-refractivity contribution >= 4 is 5.69 Å². The van der Waals surface area contributed by atoms with Crippen LogP contribution in [0, 0.1) is 10.1 Å². The second-order valence-electron chi connectivity index (χ2n) is 5.14. The van der Waals surface area contributed by atoms with E-state index in [2.05, 4.69) is 0 Å². The Morgan fingerprint density at radius 3 is 2.45 bits per heavy atom. The zero-order valence-electron chi connectivity index (χ0n) is 11.5. The van der Waals surface area contributed by atoms with Crippen molar-refractivity contribution in [2.75, 3.05) is 6.61 Å². The summed E-state index contributed by atoms with van der Waals surface area (Å²) in [5.74, 6) is 0. The molecule has 0 bridgehead atoms. The molecule has 9 heteroatoms. The van der Waals surface area contributed by atoms with Gasteiger partial charge in [-0.3, -0.25) is 10.1 Å². The zero-order chi connectivity index (χ0) is 16.4. The van der Waals surface area contributed by atoms with Crippen LogP contribution in [0.4, 0.5) is 5.69 Å². The Bertz CT molecular complexity index is 539. The number of nitrogens with zero attached hydrogens (tertiary/aromatic N) is 1. The molecule has 0 saturated carbocycles. The van der Waals surface area contributed by atoms with Crippen molar-refractivity contribution in [3.63, 3.8) is 0 Å². The lowest BCUT2D eigenvalue weighted by Gasteiger charge is -2.42. The largest absolute Gasteiger partial charge is 0.394 e. The molecular formula is C13H18N2O7. The molecule has 1 aromatic rings. The maximum Gasteiger partial charge on any atom is 0.274 e. The van der Waals surface area contributed by atoms with E-state index in [0.717, 1.165) is 0 Å². The van der Waals surface area contributed by atoms with Gasteiger partial charge in [-0.25, -0.2) is 0 Å². The summed E-state index contributed by atoms with van der Waals surface area (Å²) >= 11 is 0. The molecule has 2 rings (SSSR count). The van der Waals surface area contributed by atoms with Crippen molar-refractivity contribution in [1.29, 1.82) is 0 Å². The fourth-order valence-electron chi connectivity index (χ4n) is 2.54. The molecule has 1 aliphatic heterocycles. The number of para-hydroxylation sites is 1.